The first kappa shape index (κ1) is 25.2. The Labute approximate surface area is 193 Å². The number of allylic oxidation sites excluding steroid dienone is 1. The molecule has 1 N–H and O–H groups in total. The van der Waals surface area contributed by atoms with E-state index < -0.39 is 16.1 Å². The molecule has 7 nitrogen and oxygen atoms in total. The number of ether oxygens (including phenoxy) is 2. The van der Waals surface area contributed by atoms with Crippen LogP contribution in [0.5, 0.6) is 5.75 Å². The van der Waals surface area contributed by atoms with Crippen LogP contribution >= 0.6 is 0 Å². The van der Waals surface area contributed by atoms with E-state index in [1.807, 2.05) is 26.0 Å². The van der Waals surface area contributed by atoms with Gasteiger partial charge in [-0.3, -0.25) is 0 Å². The molecule has 32 heavy (non-hydrogen) atoms. The number of rotatable bonds is 7. The van der Waals surface area contributed by atoms with E-state index in [0.29, 0.717) is 24.8 Å². The molecular weight excluding hydrogens is 428 g/mol. The summed E-state index contributed by atoms with van der Waals surface area (Å²) in [5.74, 6) is 0.943. The van der Waals surface area contributed by atoms with Crippen LogP contribution in [0, 0.1) is 11.8 Å². The van der Waals surface area contributed by atoms with E-state index in [1.165, 1.54) is 4.31 Å². The second-order valence-electron chi connectivity index (χ2n) is 9.22. The second kappa shape index (κ2) is 11.1. The minimum Gasteiger partial charge on any atom is -0.487 e. The van der Waals surface area contributed by atoms with Crippen LogP contribution in [0.3, 0.4) is 0 Å². The monoisotopic (exact) mass is 466 g/mol. The lowest BCUT2D eigenvalue weighted by Crippen LogP contribution is -2.50. The fraction of sp³-hybridized carbons (Fsp3) is 0.667. The molecule has 0 aromatic heterocycles. The molecule has 180 valence electrons. The third-order valence-corrected chi connectivity index (χ3v) is 8.47. The summed E-state index contributed by atoms with van der Waals surface area (Å²) in [6, 6.07) is 4.71. The van der Waals surface area contributed by atoms with Crippen molar-refractivity contribution < 1.29 is 23.0 Å². The van der Waals surface area contributed by atoms with E-state index in [0.717, 1.165) is 38.2 Å². The van der Waals surface area contributed by atoms with E-state index in [4.69, 9.17) is 9.47 Å². The first-order valence-electron chi connectivity index (χ1n) is 11.6. The lowest BCUT2D eigenvalue weighted by molar-refractivity contribution is 0.0402. The highest BCUT2D eigenvalue weighted by Gasteiger charge is 2.38. The number of fused-ring (bicyclic) bond motifs is 1. The van der Waals surface area contributed by atoms with Crippen molar-refractivity contribution in [3.8, 4) is 5.75 Å². The predicted octanol–water partition coefficient (Wildman–Crippen LogP) is 2.85. The van der Waals surface area contributed by atoms with Gasteiger partial charge in [-0.25, -0.2) is 8.42 Å². The van der Waals surface area contributed by atoms with E-state index in [9.17, 15) is 13.5 Å². The molecular formula is C24H38N2O5S. The van der Waals surface area contributed by atoms with Gasteiger partial charge in [-0.1, -0.05) is 25.1 Å². The molecule has 0 amide bonds. The third-order valence-electron chi connectivity index (χ3n) is 6.45. The Hall–Kier alpha value is -1.45. The molecule has 0 aliphatic carbocycles. The maximum absolute atomic E-state index is 13.5. The van der Waals surface area contributed by atoms with Gasteiger partial charge in [0, 0.05) is 44.8 Å². The summed E-state index contributed by atoms with van der Waals surface area (Å²) in [6.45, 7) is 9.08. The van der Waals surface area contributed by atoms with Crippen molar-refractivity contribution in [2.75, 3.05) is 46.5 Å². The molecule has 1 saturated heterocycles. The predicted molar refractivity (Wildman–Crippen MR) is 126 cm³/mol. The Morgan fingerprint density at radius 1 is 1.28 bits per heavy atom. The van der Waals surface area contributed by atoms with Gasteiger partial charge >= 0.3 is 0 Å². The second-order valence-corrected chi connectivity index (χ2v) is 11.1. The Morgan fingerprint density at radius 2 is 2.00 bits per heavy atom. The van der Waals surface area contributed by atoms with Crippen molar-refractivity contribution in [2.24, 2.45) is 11.8 Å². The summed E-state index contributed by atoms with van der Waals surface area (Å²) in [5.41, 5.74) is 0.894. The Kier molecular flexibility index (Phi) is 8.75. The Bertz CT molecular complexity index is 882. The van der Waals surface area contributed by atoms with Gasteiger partial charge in [0.2, 0.25) is 10.0 Å². The summed E-state index contributed by atoms with van der Waals surface area (Å²) < 4.78 is 40.3. The van der Waals surface area contributed by atoms with Crippen molar-refractivity contribution in [1.82, 2.24) is 9.21 Å². The molecule has 0 unspecified atom stereocenters. The van der Waals surface area contributed by atoms with Crippen molar-refractivity contribution in [1.29, 1.82) is 0 Å². The zero-order valence-corrected chi connectivity index (χ0v) is 20.6. The van der Waals surface area contributed by atoms with Gasteiger partial charge < -0.3 is 19.5 Å². The van der Waals surface area contributed by atoms with Crippen LogP contribution in [-0.2, 0) is 14.8 Å². The summed E-state index contributed by atoms with van der Waals surface area (Å²) in [6.07, 6.45) is 5.81. The maximum atomic E-state index is 13.5. The number of aliphatic hydroxyl groups excluding tert-OH is 1. The topological polar surface area (TPSA) is 79.3 Å². The fourth-order valence-electron chi connectivity index (χ4n) is 4.51. The van der Waals surface area contributed by atoms with Crippen LogP contribution in [0.15, 0.2) is 29.2 Å². The molecule has 2 aliphatic rings. The Morgan fingerprint density at radius 3 is 2.66 bits per heavy atom. The summed E-state index contributed by atoms with van der Waals surface area (Å²) in [4.78, 5) is 2.46. The molecule has 3 rings (SSSR count). The summed E-state index contributed by atoms with van der Waals surface area (Å²) >= 11 is 0. The highest BCUT2D eigenvalue weighted by molar-refractivity contribution is 7.89. The highest BCUT2D eigenvalue weighted by atomic mass is 32.2. The van der Waals surface area contributed by atoms with Gasteiger partial charge in [0.15, 0.2) is 0 Å². The first-order chi connectivity index (χ1) is 15.3. The summed E-state index contributed by atoms with van der Waals surface area (Å²) in [5, 5.41) is 9.76. The molecule has 1 aromatic carbocycles. The van der Waals surface area contributed by atoms with Gasteiger partial charge in [0.25, 0.3) is 0 Å². The van der Waals surface area contributed by atoms with Gasteiger partial charge in [0.05, 0.1) is 6.61 Å². The SMILES string of the molecule is CC=Cc1ccc2c(c1)O[C@@H](CN(C)CC1CCOCC1)[C@@H](C)CN([C@H](C)CO)S2(=O)=O. The molecule has 0 saturated carbocycles. The van der Waals surface area contributed by atoms with E-state index in [1.54, 1.807) is 25.1 Å². The van der Waals surface area contributed by atoms with Crippen molar-refractivity contribution >= 4 is 16.1 Å². The van der Waals surface area contributed by atoms with E-state index >= 15 is 0 Å². The number of aliphatic hydroxyl groups is 1. The maximum Gasteiger partial charge on any atom is 0.247 e. The first-order valence-corrected chi connectivity index (χ1v) is 13.0. The minimum absolute atomic E-state index is 0.0468. The van der Waals surface area contributed by atoms with Crippen LogP contribution in [0.4, 0.5) is 0 Å². The number of hydrogen-bond donors (Lipinski definition) is 1. The summed E-state index contributed by atoms with van der Waals surface area (Å²) in [7, 11) is -1.69. The molecule has 0 spiro atoms. The highest BCUT2D eigenvalue weighted by Crippen LogP contribution is 2.34. The van der Waals surface area contributed by atoms with Crippen molar-refractivity contribution in [3.05, 3.63) is 29.8 Å². The molecule has 3 atom stereocenters. The van der Waals surface area contributed by atoms with Gasteiger partial charge in [-0.2, -0.15) is 4.31 Å². The van der Waals surface area contributed by atoms with Crippen LogP contribution in [0.1, 0.15) is 39.2 Å². The van der Waals surface area contributed by atoms with Crippen LogP contribution in [-0.4, -0.2) is 81.4 Å². The number of benzene rings is 1. The fourth-order valence-corrected chi connectivity index (χ4v) is 6.33. The smallest absolute Gasteiger partial charge is 0.247 e. The van der Waals surface area contributed by atoms with Crippen molar-refractivity contribution in [3.63, 3.8) is 0 Å². The Balaban J connectivity index is 1.91. The van der Waals surface area contributed by atoms with Gasteiger partial charge in [-0.15, -0.1) is 0 Å². The molecule has 0 radical (unpaired) electrons. The van der Waals surface area contributed by atoms with Crippen LogP contribution < -0.4 is 4.74 Å². The zero-order chi connectivity index (χ0) is 23.3. The van der Waals surface area contributed by atoms with Crippen molar-refractivity contribution in [2.45, 2.75) is 50.7 Å². The minimum atomic E-state index is -3.80. The number of nitrogens with zero attached hydrogens (tertiary/aromatic N) is 2. The average Bonchev–Trinajstić information content (AvgIpc) is 2.76. The number of hydrogen-bond acceptors (Lipinski definition) is 6. The largest absolute Gasteiger partial charge is 0.487 e. The van der Waals surface area contributed by atoms with Gasteiger partial charge in [0.1, 0.15) is 16.7 Å². The normalized spacial score (nSPS) is 25.8. The van der Waals surface area contributed by atoms with Crippen LogP contribution in [0.2, 0.25) is 0 Å². The average molecular weight is 467 g/mol. The standard InChI is InChI=1S/C24H38N2O5S/c1-5-6-20-7-8-24-22(13-20)31-23(16-25(4)15-21-9-11-30-12-10-21)18(2)14-26(19(3)17-27)32(24,28)29/h5-8,13,18-19,21,23,27H,9-12,14-17H2,1-4H3/t18-,19+,23-/m0/s1. The van der Waals surface area contributed by atoms with Crippen LogP contribution in [0.25, 0.3) is 6.08 Å². The zero-order valence-electron chi connectivity index (χ0n) is 19.7. The van der Waals surface area contributed by atoms with E-state index in [-0.39, 0.29) is 23.5 Å². The number of likely N-dealkylation sites (N-methyl/N-ethyl adjacent to an activating group) is 1. The molecule has 2 aliphatic heterocycles. The lowest BCUT2D eigenvalue weighted by atomic mass is 9.98. The third kappa shape index (κ3) is 5.91. The molecule has 1 fully saturated rings. The molecule has 0 bridgehead atoms. The molecule has 1 aromatic rings. The lowest BCUT2D eigenvalue weighted by Gasteiger charge is -2.38. The quantitative estimate of drug-likeness (QED) is 0.666. The van der Waals surface area contributed by atoms with Gasteiger partial charge in [-0.05, 0) is 57.4 Å². The molecule has 2 heterocycles. The van der Waals surface area contributed by atoms with E-state index in [2.05, 4.69) is 11.9 Å². The molecule has 8 heteroatoms. The number of sulfonamides is 1.